The number of hydrogen-bond acceptors (Lipinski definition) is 3. The summed E-state index contributed by atoms with van der Waals surface area (Å²) >= 11 is 0. The summed E-state index contributed by atoms with van der Waals surface area (Å²) in [5, 5.41) is 8.52. The average molecular weight is 199 g/mol. The number of amides is 1. The standard InChI is InChI=1S/C9H13NO4/c1-3-4-8(11)10(5-6-14-2)7-9(12)13/h5-7H2,1-2H3,(H,12,13). The largest absolute Gasteiger partial charge is 0.480 e. The fourth-order valence-electron chi connectivity index (χ4n) is 0.803. The zero-order valence-corrected chi connectivity index (χ0v) is 8.24. The van der Waals surface area contributed by atoms with E-state index in [4.69, 9.17) is 9.84 Å². The third-order valence-electron chi connectivity index (χ3n) is 1.41. The maximum atomic E-state index is 11.2. The van der Waals surface area contributed by atoms with Crippen molar-refractivity contribution in [3.63, 3.8) is 0 Å². The lowest BCUT2D eigenvalue weighted by Gasteiger charge is -2.16. The Hall–Kier alpha value is -1.54. The SMILES string of the molecule is CC#CC(=O)N(CCOC)CC(=O)O. The summed E-state index contributed by atoms with van der Waals surface area (Å²) in [6, 6.07) is 0. The lowest BCUT2D eigenvalue weighted by Crippen LogP contribution is -2.37. The predicted octanol–water partition coefficient (Wildman–Crippen LogP) is -0.431. The van der Waals surface area contributed by atoms with Crippen molar-refractivity contribution in [1.82, 2.24) is 4.90 Å². The molecule has 0 unspecified atom stereocenters. The molecule has 78 valence electrons. The Balaban J connectivity index is 4.27. The van der Waals surface area contributed by atoms with Crippen LogP contribution in [0.15, 0.2) is 0 Å². The van der Waals surface area contributed by atoms with Gasteiger partial charge in [-0.1, -0.05) is 5.92 Å². The summed E-state index contributed by atoms with van der Waals surface area (Å²) in [6.45, 7) is 1.70. The van der Waals surface area contributed by atoms with Gasteiger partial charge in [0.25, 0.3) is 5.91 Å². The molecule has 0 spiro atoms. The van der Waals surface area contributed by atoms with Gasteiger partial charge in [-0.15, -0.1) is 0 Å². The fourth-order valence-corrected chi connectivity index (χ4v) is 0.803. The lowest BCUT2D eigenvalue weighted by atomic mass is 10.4. The average Bonchev–Trinajstić information content (AvgIpc) is 2.12. The van der Waals surface area contributed by atoms with E-state index in [-0.39, 0.29) is 13.1 Å². The number of aliphatic carboxylic acids is 1. The first-order chi connectivity index (χ1) is 6.61. The van der Waals surface area contributed by atoms with E-state index in [2.05, 4.69) is 11.8 Å². The minimum absolute atomic E-state index is 0.232. The summed E-state index contributed by atoms with van der Waals surface area (Å²) in [6.07, 6.45) is 0. The Bertz CT molecular complexity index is 264. The van der Waals surface area contributed by atoms with Crippen molar-refractivity contribution in [3.8, 4) is 11.8 Å². The van der Waals surface area contributed by atoms with Crippen LogP contribution in [0, 0.1) is 11.8 Å². The van der Waals surface area contributed by atoms with Crippen LogP contribution in [-0.4, -0.2) is 48.7 Å². The van der Waals surface area contributed by atoms with Crippen molar-refractivity contribution in [2.45, 2.75) is 6.92 Å². The highest BCUT2D eigenvalue weighted by atomic mass is 16.5. The van der Waals surface area contributed by atoms with Gasteiger partial charge in [0, 0.05) is 13.7 Å². The summed E-state index contributed by atoms with van der Waals surface area (Å²) < 4.78 is 4.75. The molecule has 1 N–H and O–H groups in total. The first-order valence-electron chi connectivity index (χ1n) is 4.04. The van der Waals surface area contributed by atoms with Crippen LogP contribution < -0.4 is 0 Å². The fraction of sp³-hybridized carbons (Fsp3) is 0.556. The van der Waals surface area contributed by atoms with Crippen LogP contribution in [-0.2, 0) is 14.3 Å². The lowest BCUT2D eigenvalue weighted by molar-refractivity contribution is -0.142. The molecule has 0 aromatic rings. The second-order valence-electron chi connectivity index (χ2n) is 2.49. The van der Waals surface area contributed by atoms with E-state index in [1.54, 1.807) is 0 Å². The van der Waals surface area contributed by atoms with Crippen LogP contribution >= 0.6 is 0 Å². The molecule has 0 aromatic heterocycles. The van der Waals surface area contributed by atoms with Crippen LogP contribution in [0.1, 0.15) is 6.92 Å². The van der Waals surface area contributed by atoms with E-state index >= 15 is 0 Å². The van der Waals surface area contributed by atoms with E-state index < -0.39 is 11.9 Å². The van der Waals surface area contributed by atoms with Gasteiger partial charge in [0.05, 0.1) is 6.61 Å². The number of carboxylic acid groups (broad SMARTS) is 1. The van der Waals surface area contributed by atoms with Crippen molar-refractivity contribution in [1.29, 1.82) is 0 Å². The maximum absolute atomic E-state index is 11.2. The van der Waals surface area contributed by atoms with Gasteiger partial charge in [-0.05, 0) is 12.8 Å². The molecule has 0 aromatic carbocycles. The molecule has 0 atom stereocenters. The van der Waals surface area contributed by atoms with Crippen molar-refractivity contribution < 1.29 is 19.4 Å². The third kappa shape index (κ3) is 5.17. The highest BCUT2D eigenvalue weighted by Crippen LogP contribution is 1.89. The summed E-state index contributed by atoms with van der Waals surface area (Å²) in [5.41, 5.74) is 0. The molecule has 0 aliphatic heterocycles. The van der Waals surface area contributed by atoms with Crippen LogP contribution in [0.25, 0.3) is 0 Å². The molecule has 0 aliphatic rings. The number of ether oxygens (including phenoxy) is 1. The molecule has 0 aliphatic carbocycles. The minimum atomic E-state index is -1.06. The molecule has 0 saturated carbocycles. The van der Waals surface area contributed by atoms with Gasteiger partial charge in [-0.3, -0.25) is 9.59 Å². The Morgan fingerprint density at radius 2 is 2.14 bits per heavy atom. The highest BCUT2D eigenvalue weighted by molar-refractivity contribution is 5.95. The number of nitrogens with zero attached hydrogens (tertiary/aromatic N) is 1. The molecule has 0 radical (unpaired) electrons. The zero-order chi connectivity index (χ0) is 11.0. The smallest absolute Gasteiger partial charge is 0.323 e. The molecular weight excluding hydrogens is 186 g/mol. The summed E-state index contributed by atoms with van der Waals surface area (Å²) in [7, 11) is 1.48. The van der Waals surface area contributed by atoms with E-state index in [0.29, 0.717) is 6.61 Å². The number of carboxylic acids is 1. The number of carbonyl (C=O) groups excluding carboxylic acids is 1. The predicted molar refractivity (Wildman–Crippen MR) is 49.5 cm³/mol. The van der Waals surface area contributed by atoms with Gasteiger partial charge in [0.15, 0.2) is 0 Å². The van der Waals surface area contributed by atoms with Crippen molar-refractivity contribution in [3.05, 3.63) is 0 Å². The van der Waals surface area contributed by atoms with E-state index in [0.717, 1.165) is 4.90 Å². The topological polar surface area (TPSA) is 66.8 Å². The molecule has 0 fully saturated rings. The third-order valence-corrected chi connectivity index (χ3v) is 1.41. The molecule has 5 nitrogen and oxygen atoms in total. The number of carbonyl (C=O) groups is 2. The molecule has 0 bridgehead atoms. The molecular formula is C9H13NO4. The Kier molecular flexibility index (Phi) is 6.16. The molecule has 1 amide bonds. The Morgan fingerprint density at radius 1 is 1.50 bits per heavy atom. The Labute approximate surface area is 82.6 Å². The second kappa shape index (κ2) is 6.92. The van der Waals surface area contributed by atoms with Crippen LogP contribution in [0.2, 0.25) is 0 Å². The minimum Gasteiger partial charge on any atom is -0.480 e. The normalized spacial score (nSPS) is 8.71. The van der Waals surface area contributed by atoms with Gasteiger partial charge in [0.2, 0.25) is 0 Å². The van der Waals surface area contributed by atoms with E-state index in [1.807, 2.05) is 0 Å². The summed E-state index contributed by atoms with van der Waals surface area (Å²) in [4.78, 5) is 22.7. The maximum Gasteiger partial charge on any atom is 0.323 e. The number of methoxy groups -OCH3 is 1. The van der Waals surface area contributed by atoms with Crippen molar-refractivity contribution >= 4 is 11.9 Å². The van der Waals surface area contributed by atoms with Gasteiger partial charge < -0.3 is 14.7 Å². The van der Waals surface area contributed by atoms with E-state index in [1.165, 1.54) is 14.0 Å². The first kappa shape index (κ1) is 12.5. The second-order valence-corrected chi connectivity index (χ2v) is 2.49. The monoisotopic (exact) mass is 199 g/mol. The van der Waals surface area contributed by atoms with Gasteiger partial charge in [0.1, 0.15) is 6.54 Å². The highest BCUT2D eigenvalue weighted by Gasteiger charge is 2.13. The summed E-state index contributed by atoms with van der Waals surface area (Å²) in [5.74, 6) is 3.14. The molecule has 0 saturated heterocycles. The van der Waals surface area contributed by atoms with Gasteiger partial charge in [-0.2, -0.15) is 0 Å². The van der Waals surface area contributed by atoms with Crippen LogP contribution in [0.5, 0.6) is 0 Å². The van der Waals surface area contributed by atoms with Gasteiger partial charge >= 0.3 is 5.97 Å². The van der Waals surface area contributed by atoms with Crippen molar-refractivity contribution in [2.75, 3.05) is 26.8 Å². The quantitative estimate of drug-likeness (QED) is 0.610. The Morgan fingerprint density at radius 3 is 2.57 bits per heavy atom. The van der Waals surface area contributed by atoms with Gasteiger partial charge in [-0.25, -0.2) is 0 Å². The zero-order valence-electron chi connectivity index (χ0n) is 8.24. The molecule has 0 rings (SSSR count). The first-order valence-corrected chi connectivity index (χ1v) is 4.04. The van der Waals surface area contributed by atoms with E-state index in [9.17, 15) is 9.59 Å². The molecule has 14 heavy (non-hydrogen) atoms. The molecule has 0 heterocycles. The number of hydrogen-bond donors (Lipinski definition) is 1. The van der Waals surface area contributed by atoms with Crippen LogP contribution in [0.3, 0.4) is 0 Å². The molecule has 5 heteroatoms. The van der Waals surface area contributed by atoms with Crippen LogP contribution in [0.4, 0.5) is 0 Å². The number of rotatable bonds is 5. The van der Waals surface area contributed by atoms with Crippen molar-refractivity contribution in [2.24, 2.45) is 0 Å².